The molecule has 2 aromatic heterocycles. The monoisotopic (exact) mass is 291 g/mol. The molecule has 0 saturated heterocycles. The van der Waals surface area contributed by atoms with Gasteiger partial charge in [0.15, 0.2) is 0 Å². The zero-order chi connectivity index (χ0) is 12.3. The van der Waals surface area contributed by atoms with Gasteiger partial charge < -0.3 is 5.32 Å². The summed E-state index contributed by atoms with van der Waals surface area (Å²) < 4.78 is 0.839. The lowest BCUT2D eigenvalue weighted by Crippen LogP contribution is -2.13. The number of hydrogen-bond acceptors (Lipinski definition) is 3. The largest absolute Gasteiger partial charge is 0.319 e. The lowest BCUT2D eigenvalue weighted by atomic mass is 10.3. The van der Waals surface area contributed by atoms with Crippen molar-refractivity contribution in [3.63, 3.8) is 0 Å². The molecule has 0 aromatic carbocycles. The summed E-state index contributed by atoms with van der Waals surface area (Å²) in [5.74, 6) is -0.245. The van der Waals surface area contributed by atoms with Gasteiger partial charge in [-0.3, -0.25) is 9.78 Å². The molecule has 1 N–H and O–H groups in total. The second kappa shape index (κ2) is 5.05. The highest BCUT2D eigenvalue weighted by molar-refractivity contribution is 9.10. The highest BCUT2D eigenvalue weighted by atomic mass is 79.9. The fraction of sp³-hybridized carbons (Fsp3) is 0.0833. The van der Waals surface area contributed by atoms with Gasteiger partial charge in [-0.1, -0.05) is 0 Å². The first-order valence-electron chi connectivity index (χ1n) is 5.00. The third-order valence-corrected chi connectivity index (χ3v) is 2.56. The predicted octanol–water partition coefficient (Wildman–Crippen LogP) is 2.80. The number of aryl methyl sites for hydroxylation is 1. The van der Waals surface area contributed by atoms with Gasteiger partial charge in [-0.2, -0.15) is 0 Å². The van der Waals surface area contributed by atoms with Crippen molar-refractivity contribution in [3.05, 3.63) is 52.5 Å². The Morgan fingerprint density at radius 3 is 2.76 bits per heavy atom. The normalized spacial score (nSPS) is 10.0. The van der Waals surface area contributed by atoms with E-state index in [1.165, 1.54) is 0 Å². The van der Waals surface area contributed by atoms with Crippen LogP contribution in [0, 0.1) is 6.92 Å². The first-order chi connectivity index (χ1) is 8.15. The third-order valence-electron chi connectivity index (χ3n) is 2.09. The Hall–Kier alpha value is -1.75. The Morgan fingerprint density at radius 1 is 1.29 bits per heavy atom. The zero-order valence-electron chi connectivity index (χ0n) is 9.14. The molecule has 2 rings (SSSR count). The summed E-state index contributed by atoms with van der Waals surface area (Å²) in [6.45, 7) is 1.92. The number of nitrogens with zero attached hydrogens (tertiary/aromatic N) is 2. The maximum absolute atomic E-state index is 11.8. The minimum Gasteiger partial charge on any atom is -0.319 e. The third kappa shape index (κ3) is 3.10. The molecule has 2 aromatic rings. The molecule has 4 nitrogen and oxygen atoms in total. The van der Waals surface area contributed by atoms with Gasteiger partial charge in [0.05, 0.1) is 11.9 Å². The van der Waals surface area contributed by atoms with Crippen molar-refractivity contribution in [2.75, 3.05) is 5.32 Å². The number of hydrogen-bond donors (Lipinski definition) is 1. The van der Waals surface area contributed by atoms with Crippen LogP contribution in [0.25, 0.3) is 0 Å². The van der Waals surface area contributed by atoms with Crippen LogP contribution in [0.1, 0.15) is 16.1 Å². The average molecular weight is 292 g/mol. The maximum atomic E-state index is 11.8. The van der Waals surface area contributed by atoms with E-state index in [-0.39, 0.29) is 5.91 Å². The number of nitrogens with one attached hydrogen (secondary N) is 1. The van der Waals surface area contributed by atoms with Crippen molar-refractivity contribution in [1.82, 2.24) is 9.97 Å². The molecule has 0 aliphatic carbocycles. The van der Waals surface area contributed by atoms with Crippen molar-refractivity contribution < 1.29 is 4.79 Å². The van der Waals surface area contributed by atoms with E-state index in [1.807, 2.05) is 13.0 Å². The van der Waals surface area contributed by atoms with Crippen LogP contribution < -0.4 is 5.32 Å². The molecule has 0 radical (unpaired) electrons. The SMILES string of the molecule is Cc1cncc(NC(=O)c2ccc(Br)cn2)c1. The molecule has 0 aliphatic heterocycles. The van der Waals surface area contributed by atoms with Crippen molar-refractivity contribution in [2.45, 2.75) is 6.92 Å². The van der Waals surface area contributed by atoms with Crippen LogP contribution in [0.2, 0.25) is 0 Å². The molecule has 0 aliphatic rings. The van der Waals surface area contributed by atoms with E-state index < -0.39 is 0 Å². The van der Waals surface area contributed by atoms with Crippen molar-refractivity contribution in [2.24, 2.45) is 0 Å². The molecule has 0 atom stereocenters. The van der Waals surface area contributed by atoms with Crippen LogP contribution in [0.15, 0.2) is 41.3 Å². The van der Waals surface area contributed by atoms with Crippen molar-refractivity contribution >= 4 is 27.5 Å². The molecule has 0 spiro atoms. The lowest BCUT2D eigenvalue weighted by molar-refractivity contribution is 0.102. The Kier molecular flexibility index (Phi) is 3.49. The number of carbonyl (C=O) groups is 1. The molecule has 86 valence electrons. The number of rotatable bonds is 2. The fourth-order valence-electron chi connectivity index (χ4n) is 1.33. The molecule has 0 fully saturated rings. The smallest absolute Gasteiger partial charge is 0.274 e. The minimum atomic E-state index is -0.245. The van der Waals surface area contributed by atoms with Crippen LogP contribution in [-0.4, -0.2) is 15.9 Å². The number of anilines is 1. The highest BCUT2D eigenvalue weighted by Crippen LogP contribution is 2.11. The zero-order valence-corrected chi connectivity index (χ0v) is 10.7. The maximum Gasteiger partial charge on any atom is 0.274 e. The number of pyridine rings is 2. The van der Waals surface area contributed by atoms with Crippen molar-refractivity contribution in [1.29, 1.82) is 0 Å². The second-order valence-electron chi connectivity index (χ2n) is 3.57. The summed E-state index contributed by atoms with van der Waals surface area (Å²) in [7, 11) is 0. The van der Waals surface area contributed by atoms with Gasteiger partial charge >= 0.3 is 0 Å². The predicted molar refractivity (Wildman–Crippen MR) is 68.9 cm³/mol. The van der Waals surface area contributed by atoms with E-state index in [0.717, 1.165) is 10.0 Å². The van der Waals surface area contributed by atoms with Gasteiger partial charge in [-0.05, 0) is 46.6 Å². The van der Waals surface area contributed by atoms with Crippen LogP contribution in [0.5, 0.6) is 0 Å². The Labute approximate surface area is 107 Å². The van der Waals surface area contributed by atoms with E-state index in [4.69, 9.17) is 0 Å². The summed E-state index contributed by atoms with van der Waals surface area (Å²) in [4.78, 5) is 19.8. The standard InChI is InChI=1S/C12H10BrN3O/c1-8-4-10(7-14-5-8)16-12(17)11-3-2-9(13)6-15-11/h2-7H,1H3,(H,16,17). The van der Waals surface area contributed by atoms with Gasteiger partial charge in [0.25, 0.3) is 5.91 Å². The number of halogens is 1. The van der Waals surface area contributed by atoms with Gasteiger partial charge in [0, 0.05) is 16.9 Å². The fourth-order valence-corrected chi connectivity index (χ4v) is 1.56. The van der Waals surface area contributed by atoms with Gasteiger partial charge in [0.2, 0.25) is 0 Å². The summed E-state index contributed by atoms with van der Waals surface area (Å²) in [5, 5.41) is 2.74. The Morgan fingerprint density at radius 2 is 2.12 bits per heavy atom. The van der Waals surface area contributed by atoms with Gasteiger partial charge in [-0.15, -0.1) is 0 Å². The van der Waals surface area contributed by atoms with Crippen LogP contribution >= 0.6 is 15.9 Å². The highest BCUT2D eigenvalue weighted by Gasteiger charge is 2.07. The molecular formula is C12H10BrN3O. The van der Waals surface area contributed by atoms with Gasteiger partial charge in [0.1, 0.15) is 5.69 Å². The summed E-state index contributed by atoms with van der Waals surface area (Å²) >= 11 is 3.27. The average Bonchev–Trinajstić information content (AvgIpc) is 2.29. The molecule has 17 heavy (non-hydrogen) atoms. The molecule has 0 saturated carbocycles. The van der Waals surface area contributed by atoms with Crippen LogP contribution in [0.4, 0.5) is 5.69 Å². The Balaban J connectivity index is 2.14. The number of aromatic nitrogens is 2. The number of carbonyl (C=O) groups excluding carboxylic acids is 1. The summed E-state index contributed by atoms with van der Waals surface area (Å²) in [5.41, 5.74) is 2.03. The second-order valence-corrected chi connectivity index (χ2v) is 4.48. The lowest BCUT2D eigenvalue weighted by Gasteiger charge is -2.04. The van der Waals surface area contributed by atoms with E-state index in [9.17, 15) is 4.79 Å². The molecule has 0 unspecified atom stereocenters. The van der Waals surface area contributed by atoms with E-state index in [2.05, 4.69) is 31.2 Å². The molecule has 5 heteroatoms. The van der Waals surface area contributed by atoms with E-state index >= 15 is 0 Å². The van der Waals surface area contributed by atoms with Gasteiger partial charge in [-0.25, -0.2) is 4.98 Å². The topological polar surface area (TPSA) is 54.9 Å². The minimum absolute atomic E-state index is 0.245. The summed E-state index contributed by atoms with van der Waals surface area (Å²) in [6, 6.07) is 5.28. The van der Waals surface area contributed by atoms with E-state index in [1.54, 1.807) is 30.7 Å². The van der Waals surface area contributed by atoms with Crippen LogP contribution in [-0.2, 0) is 0 Å². The quantitative estimate of drug-likeness (QED) is 0.926. The Bertz CT molecular complexity index is 540. The molecular weight excluding hydrogens is 282 g/mol. The van der Waals surface area contributed by atoms with Crippen molar-refractivity contribution in [3.8, 4) is 0 Å². The summed E-state index contributed by atoms with van der Waals surface area (Å²) in [6.07, 6.45) is 4.92. The van der Waals surface area contributed by atoms with E-state index in [0.29, 0.717) is 11.4 Å². The molecule has 0 bridgehead atoms. The van der Waals surface area contributed by atoms with Crippen LogP contribution in [0.3, 0.4) is 0 Å². The first kappa shape index (κ1) is 11.7. The molecule has 2 heterocycles. The number of amides is 1. The first-order valence-corrected chi connectivity index (χ1v) is 5.79. The molecule has 1 amide bonds.